The molecule has 0 aliphatic heterocycles. The highest BCUT2D eigenvalue weighted by Crippen LogP contribution is 2.16. The number of carbonyl (C=O) groups excluding carboxylic acids is 1. The minimum atomic E-state index is -4.21. The summed E-state index contributed by atoms with van der Waals surface area (Å²) in [6.07, 6.45) is 0.165. The Kier molecular flexibility index (Phi) is 5.34. The predicted octanol–water partition coefficient (Wildman–Crippen LogP) is 1.76. The number of benzene rings is 1. The van der Waals surface area contributed by atoms with Gasteiger partial charge < -0.3 is 9.30 Å². The number of hydrogen-bond acceptors (Lipinski definition) is 6. The summed E-state index contributed by atoms with van der Waals surface area (Å²) < 4.78 is 37.5. The van der Waals surface area contributed by atoms with Gasteiger partial charge in [-0.3, -0.25) is 9.35 Å². The molecule has 0 radical (unpaired) electrons. The first-order chi connectivity index (χ1) is 10.8. The molecular weight excluding hydrogens is 340 g/mol. The molecule has 7 nitrogen and oxygen atoms in total. The maximum absolute atomic E-state index is 11.4. The first kappa shape index (κ1) is 17.4. The number of nitrogens with zero attached hydrogens (tertiary/aromatic N) is 2. The van der Waals surface area contributed by atoms with Gasteiger partial charge in [-0.1, -0.05) is 0 Å². The summed E-state index contributed by atoms with van der Waals surface area (Å²) in [5.41, 5.74) is 1.35. The molecule has 0 atom stereocenters. The Bertz CT molecular complexity index is 863. The lowest BCUT2D eigenvalue weighted by Crippen LogP contribution is -2.18. The normalized spacial score (nSPS) is 12.4. The average molecular weight is 356 g/mol. The smallest absolute Gasteiger partial charge is 0.311 e. The van der Waals surface area contributed by atoms with Gasteiger partial charge in [0.1, 0.15) is 0 Å². The fourth-order valence-corrected chi connectivity index (χ4v) is 3.42. The molecule has 1 heterocycles. The summed E-state index contributed by atoms with van der Waals surface area (Å²) in [7, 11) is -2.87. The van der Waals surface area contributed by atoms with Crippen LogP contribution in [0.2, 0.25) is 0 Å². The summed E-state index contributed by atoms with van der Waals surface area (Å²) in [5.74, 6) is -0.325. The Hall–Kier alpha value is -1.97. The van der Waals surface area contributed by atoms with Gasteiger partial charge in [-0.2, -0.15) is 8.42 Å². The molecule has 0 saturated heterocycles. The average Bonchev–Trinajstić information content (AvgIpc) is 2.88. The van der Waals surface area contributed by atoms with Crippen LogP contribution in [0.25, 0.3) is 0 Å². The third-order valence-corrected chi connectivity index (χ3v) is 4.89. The van der Waals surface area contributed by atoms with Crippen LogP contribution in [-0.2, 0) is 32.6 Å². The van der Waals surface area contributed by atoms with Crippen molar-refractivity contribution >= 4 is 33.1 Å². The summed E-state index contributed by atoms with van der Waals surface area (Å²) in [5, 5.41) is 1.84. The first-order valence-electron chi connectivity index (χ1n) is 6.71. The van der Waals surface area contributed by atoms with Crippen LogP contribution in [0.1, 0.15) is 12.6 Å². The van der Waals surface area contributed by atoms with Crippen LogP contribution in [0.5, 0.6) is 0 Å². The SMILES string of the molecule is CCn1c(CC(=O)OC)csc1=Nc1ccc(S(=O)(=O)O)cc1. The number of aromatic nitrogens is 1. The van der Waals surface area contributed by atoms with Gasteiger partial charge in [0.05, 0.1) is 24.1 Å². The van der Waals surface area contributed by atoms with Crippen molar-refractivity contribution in [2.45, 2.75) is 24.8 Å². The van der Waals surface area contributed by atoms with Crippen molar-refractivity contribution in [1.29, 1.82) is 0 Å². The lowest BCUT2D eigenvalue weighted by molar-refractivity contribution is -0.139. The molecule has 0 bridgehead atoms. The van der Waals surface area contributed by atoms with Crippen LogP contribution < -0.4 is 4.80 Å². The number of ether oxygens (including phenoxy) is 1. The highest BCUT2D eigenvalue weighted by molar-refractivity contribution is 7.85. The van der Waals surface area contributed by atoms with E-state index in [1.807, 2.05) is 16.9 Å². The van der Waals surface area contributed by atoms with E-state index >= 15 is 0 Å². The summed E-state index contributed by atoms with van der Waals surface area (Å²) >= 11 is 1.38. The molecule has 0 amide bonds. The number of methoxy groups -OCH3 is 1. The molecule has 0 unspecified atom stereocenters. The number of esters is 1. The van der Waals surface area contributed by atoms with Crippen LogP contribution in [0.4, 0.5) is 5.69 Å². The number of rotatable bonds is 5. The van der Waals surface area contributed by atoms with Crippen LogP contribution in [0, 0.1) is 0 Å². The minimum Gasteiger partial charge on any atom is -0.469 e. The van der Waals surface area contributed by atoms with E-state index in [0.717, 1.165) is 5.69 Å². The van der Waals surface area contributed by atoms with E-state index in [1.165, 1.54) is 42.7 Å². The standard InChI is InChI=1S/C14H16N2O5S2/c1-3-16-11(8-13(17)21-2)9-22-14(16)15-10-4-6-12(7-5-10)23(18,19)20/h4-7,9H,3,8H2,1-2H3,(H,18,19,20). The molecule has 1 N–H and O–H groups in total. The van der Waals surface area contributed by atoms with Crippen molar-refractivity contribution in [2.75, 3.05) is 7.11 Å². The minimum absolute atomic E-state index is 0.165. The van der Waals surface area contributed by atoms with Crippen LogP contribution in [-0.4, -0.2) is 30.6 Å². The number of thiazole rings is 1. The molecule has 1 aromatic carbocycles. The molecule has 0 saturated carbocycles. The van der Waals surface area contributed by atoms with Gasteiger partial charge in [0.2, 0.25) is 0 Å². The maximum atomic E-state index is 11.4. The van der Waals surface area contributed by atoms with Gasteiger partial charge in [-0.15, -0.1) is 11.3 Å². The molecule has 9 heteroatoms. The fraction of sp³-hybridized carbons (Fsp3) is 0.286. The topological polar surface area (TPSA) is 98.0 Å². The zero-order valence-electron chi connectivity index (χ0n) is 12.6. The second-order valence-electron chi connectivity index (χ2n) is 4.59. The fourth-order valence-electron chi connectivity index (χ4n) is 1.96. The maximum Gasteiger partial charge on any atom is 0.311 e. The number of carbonyl (C=O) groups is 1. The molecule has 124 valence electrons. The van der Waals surface area contributed by atoms with E-state index in [0.29, 0.717) is 17.0 Å². The molecular formula is C14H16N2O5S2. The van der Waals surface area contributed by atoms with Crippen molar-refractivity contribution in [3.8, 4) is 0 Å². The van der Waals surface area contributed by atoms with E-state index in [4.69, 9.17) is 4.55 Å². The Balaban J connectivity index is 2.38. The van der Waals surface area contributed by atoms with E-state index < -0.39 is 10.1 Å². The zero-order chi connectivity index (χ0) is 17.0. The molecule has 0 spiro atoms. The van der Waals surface area contributed by atoms with Crippen LogP contribution in [0.15, 0.2) is 39.5 Å². The molecule has 23 heavy (non-hydrogen) atoms. The lowest BCUT2D eigenvalue weighted by Gasteiger charge is -2.04. The summed E-state index contributed by atoms with van der Waals surface area (Å²) in [6.45, 7) is 2.58. The molecule has 0 aliphatic carbocycles. The van der Waals surface area contributed by atoms with E-state index in [-0.39, 0.29) is 17.3 Å². The molecule has 2 rings (SSSR count). The first-order valence-corrected chi connectivity index (χ1v) is 9.03. The molecule has 0 fully saturated rings. The Morgan fingerprint density at radius 3 is 2.52 bits per heavy atom. The third-order valence-electron chi connectivity index (χ3n) is 3.11. The highest BCUT2D eigenvalue weighted by Gasteiger charge is 2.10. The van der Waals surface area contributed by atoms with Gasteiger partial charge >= 0.3 is 5.97 Å². The Morgan fingerprint density at radius 2 is 2.00 bits per heavy atom. The summed E-state index contributed by atoms with van der Waals surface area (Å²) in [4.78, 5) is 16.4. The number of hydrogen-bond donors (Lipinski definition) is 1. The quantitative estimate of drug-likeness (QED) is 0.650. The van der Waals surface area contributed by atoms with E-state index in [1.54, 1.807) is 0 Å². The predicted molar refractivity (Wildman–Crippen MR) is 85.2 cm³/mol. The van der Waals surface area contributed by atoms with Gasteiger partial charge in [0.15, 0.2) is 4.80 Å². The summed E-state index contributed by atoms with van der Waals surface area (Å²) in [6, 6.07) is 5.58. The van der Waals surface area contributed by atoms with Gasteiger partial charge in [-0.25, -0.2) is 4.99 Å². The van der Waals surface area contributed by atoms with E-state index in [2.05, 4.69) is 9.73 Å². The van der Waals surface area contributed by atoms with Crippen molar-refractivity contribution < 1.29 is 22.5 Å². The Morgan fingerprint density at radius 1 is 1.35 bits per heavy atom. The molecule has 2 aromatic rings. The molecule has 0 aliphatic rings. The molecule has 1 aromatic heterocycles. The Labute approximate surface area is 137 Å². The highest BCUT2D eigenvalue weighted by atomic mass is 32.2. The lowest BCUT2D eigenvalue weighted by atomic mass is 10.3. The monoisotopic (exact) mass is 356 g/mol. The second-order valence-corrected chi connectivity index (χ2v) is 6.85. The largest absolute Gasteiger partial charge is 0.469 e. The van der Waals surface area contributed by atoms with Gasteiger partial charge in [0, 0.05) is 17.6 Å². The van der Waals surface area contributed by atoms with Crippen LogP contribution >= 0.6 is 11.3 Å². The zero-order valence-corrected chi connectivity index (χ0v) is 14.2. The van der Waals surface area contributed by atoms with Crippen molar-refractivity contribution in [3.05, 3.63) is 40.1 Å². The van der Waals surface area contributed by atoms with E-state index in [9.17, 15) is 13.2 Å². The van der Waals surface area contributed by atoms with Gasteiger partial charge in [-0.05, 0) is 31.2 Å². The van der Waals surface area contributed by atoms with Crippen molar-refractivity contribution in [1.82, 2.24) is 4.57 Å². The second kappa shape index (κ2) is 7.07. The third kappa shape index (κ3) is 4.27. The van der Waals surface area contributed by atoms with Gasteiger partial charge in [0.25, 0.3) is 10.1 Å². The van der Waals surface area contributed by atoms with Crippen molar-refractivity contribution in [3.63, 3.8) is 0 Å². The van der Waals surface area contributed by atoms with Crippen molar-refractivity contribution in [2.24, 2.45) is 4.99 Å². The van der Waals surface area contributed by atoms with Crippen LogP contribution in [0.3, 0.4) is 0 Å².